The first-order valence-corrected chi connectivity index (χ1v) is 11.0. The lowest BCUT2D eigenvalue weighted by Crippen LogP contribution is -2.37. The van der Waals surface area contributed by atoms with Crippen molar-refractivity contribution < 1.29 is 13.2 Å². The highest BCUT2D eigenvalue weighted by atomic mass is 32.2. The van der Waals surface area contributed by atoms with E-state index in [4.69, 9.17) is 4.74 Å². The third-order valence-electron chi connectivity index (χ3n) is 4.03. The summed E-state index contributed by atoms with van der Waals surface area (Å²) in [4.78, 5) is 4.50. The zero-order valence-electron chi connectivity index (χ0n) is 16.5. The van der Waals surface area contributed by atoms with Gasteiger partial charge >= 0.3 is 0 Å². The highest BCUT2D eigenvalue weighted by molar-refractivity contribution is 7.89. The minimum atomic E-state index is -3.39. The van der Waals surface area contributed by atoms with Crippen molar-refractivity contribution in [3.05, 3.63) is 29.8 Å². The van der Waals surface area contributed by atoms with Crippen LogP contribution in [0.25, 0.3) is 0 Å². The summed E-state index contributed by atoms with van der Waals surface area (Å²) in [5.41, 5.74) is 0.989. The summed E-state index contributed by atoms with van der Waals surface area (Å²) in [5.74, 6) is 1.27. The first-order chi connectivity index (χ1) is 12.9. The molecule has 7 nitrogen and oxygen atoms in total. The number of sulfonamides is 1. The third-order valence-corrected chi connectivity index (χ3v) is 5.56. The van der Waals surface area contributed by atoms with Crippen LogP contribution in [0.15, 0.2) is 34.2 Å². The van der Waals surface area contributed by atoms with E-state index in [1.165, 1.54) is 0 Å². The maximum atomic E-state index is 12.2. The Hall–Kier alpha value is -1.64. The number of nitrogens with zero attached hydrogens (tertiary/aromatic N) is 1. The standard InChI is InChI=1S/C19H32N4O3S/c1-15(2)14-26-12-4-11-21-19(20-3)22-13-16-5-9-18(10-6-16)27(24,25)23-17-7-8-17/h5-6,9-10,15,17,23H,4,7-8,11-14H2,1-3H3,(H2,20,21,22). The van der Waals surface area contributed by atoms with Crippen LogP contribution in [0, 0.1) is 5.92 Å². The van der Waals surface area contributed by atoms with E-state index in [1.54, 1.807) is 19.2 Å². The van der Waals surface area contributed by atoms with E-state index in [-0.39, 0.29) is 6.04 Å². The van der Waals surface area contributed by atoms with Crippen LogP contribution in [0.1, 0.15) is 38.7 Å². The van der Waals surface area contributed by atoms with Crippen molar-refractivity contribution in [2.75, 3.05) is 26.8 Å². The van der Waals surface area contributed by atoms with Gasteiger partial charge in [0.15, 0.2) is 5.96 Å². The summed E-state index contributed by atoms with van der Waals surface area (Å²) in [7, 11) is -1.67. The number of aliphatic imine (C=N–C) groups is 1. The van der Waals surface area contributed by atoms with Crippen LogP contribution in [-0.2, 0) is 21.3 Å². The lowest BCUT2D eigenvalue weighted by molar-refractivity contribution is 0.108. The second-order valence-electron chi connectivity index (χ2n) is 7.21. The van der Waals surface area contributed by atoms with Crippen molar-refractivity contribution in [1.29, 1.82) is 0 Å². The SMILES string of the molecule is CN=C(NCCCOCC(C)C)NCc1ccc(S(=O)(=O)NC2CC2)cc1. The average Bonchev–Trinajstić information content (AvgIpc) is 3.44. The van der Waals surface area contributed by atoms with E-state index in [0.717, 1.165) is 44.6 Å². The Morgan fingerprint density at radius 1 is 1.22 bits per heavy atom. The number of benzene rings is 1. The summed E-state index contributed by atoms with van der Waals surface area (Å²) in [6.07, 6.45) is 2.77. The fourth-order valence-electron chi connectivity index (χ4n) is 2.38. The zero-order valence-corrected chi connectivity index (χ0v) is 17.3. The number of rotatable bonds is 11. The Bertz CT molecular complexity index is 698. The maximum absolute atomic E-state index is 12.2. The van der Waals surface area contributed by atoms with E-state index >= 15 is 0 Å². The van der Waals surface area contributed by atoms with Crippen LogP contribution >= 0.6 is 0 Å². The number of hydrogen-bond donors (Lipinski definition) is 3. The normalized spacial score (nSPS) is 15.2. The van der Waals surface area contributed by atoms with Gasteiger partial charge in [-0.05, 0) is 42.9 Å². The van der Waals surface area contributed by atoms with Crippen LogP contribution in [0.5, 0.6) is 0 Å². The fourth-order valence-corrected chi connectivity index (χ4v) is 3.69. The first kappa shape index (κ1) is 21.7. The topological polar surface area (TPSA) is 91.8 Å². The van der Waals surface area contributed by atoms with Gasteiger partial charge < -0.3 is 15.4 Å². The summed E-state index contributed by atoms with van der Waals surface area (Å²) in [6, 6.07) is 7.04. The van der Waals surface area contributed by atoms with E-state index in [9.17, 15) is 8.42 Å². The molecule has 0 radical (unpaired) electrons. The van der Waals surface area contributed by atoms with Gasteiger partial charge in [0.1, 0.15) is 0 Å². The summed E-state index contributed by atoms with van der Waals surface area (Å²) < 4.78 is 32.6. The number of ether oxygens (including phenoxy) is 1. The zero-order chi connectivity index (χ0) is 19.7. The minimum Gasteiger partial charge on any atom is -0.381 e. The highest BCUT2D eigenvalue weighted by Gasteiger charge is 2.27. The van der Waals surface area contributed by atoms with Crippen molar-refractivity contribution in [2.24, 2.45) is 10.9 Å². The van der Waals surface area contributed by atoms with Crippen LogP contribution in [0.4, 0.5) is 0 Å². The Kier molecular flexibility index (Phi) is 8.53. The largest absolute Gasteiger partial charge is 0.381 e. The summed E-state index contributed by atoms with van der Waals surface area (Å²) in [5, 5.41) is 6.47. The molecule has 0 atom stereocenters. The highest BCUT2D eigenvalue weighted by Crippen LogP contribution is 2.22. The molecule has 27 heavy (non-hydrogen) atoms. The molecule has 1 aromatic carbocycles. The van der Waals surface area contributed by atoms with Crippen molar-refractivity contribution in [1.82, 2.24) is 15.4 Å². The molecule has 1 aromatic rings. The van der Waals surface area contributed by atoms with Gasteiger partial charge in [-0.15, -0.1) is 0 Å². The smallest absolute Gasteiger partial charge is 0.240 e. The molecule has 0 unspecified atom stereocenters. The van der Waals surface area contributed by atoms with Gasteiger partial charge in [0.25, 0.3) is 0 Å². The van der Waals surface area contributed by atoms with Gasteiger partial charge in [-0.2, -0.15) is 0 Å². The van der Waals surface area contributed by atoms with E-state index < -0.39 is 10.0 Å². The molecule has 8 heteroatoms. The first-order valence-electron chi connectivity index (χ1n) is 9.54. The van der Waals surface area contributed by atoms with Crippen LogP contribution in [0.3, 0.4) is 0 Å². The molecule has 0 bridgehead atoms. The van der Waals surface area contributed by atoms with Gasteiger partial charge in [0.05, 0.1) is 4.90 Å². The lowest BCUT2D eigenvalue weighted by Gasteiger charge is -2.13. The molecule has 0 heterocycles. The number of nitrogens with one attached hydrogen (secondary N) is 3. The Balaban J connectivity index is 1.71. The molecular weight excluding hydrogens is 364 g/mol. The molecule has 0 spiro atoms. The maximum Gasteiger partial charge on any atom is 0.240 e. The quantitative estimate of drug-likeness (QED) is 0.302. The number of guanidine groups is 1. The molecule has 0 aliphatic heterocycles. The van der Waals surface area contributed by atoms with Crippen molar-refractivity contribution in [3.63, 3.8) is 0 Å². The second kappa shape index (κ2) is 10.6. The molecule has 1 aliphatic rings. The van der Waals surface area contributed by atoms with Gasteiger partial charge in [-0.25, -0.2) is 13.1 Å². The van der Waals surface area contributed by atoms with Crippen LogP contribution in [-0.4, -0.2) is 47.2 Å². The van der Waals surface area contributed by atoms with E-state index in [1.807, 2.05) is 12.1 Å². The van der Waals surface area contributed by atoms with E-state index in [0.29, 0.717) is 23.3 Å². The van der Waals surface area contributed by atoms with E-state index in [2.05, 4.69) is 34.2 Å². The molecule has 0 aromatic heterocycles. The number of hydrogen-bond acceptors (Lipinski definition) is 4. The Morgan fingerprint density at radius 2 is 1.93 bits per heavy atom. The van der Waals surface area contributed by atoms with Gasteiger partial charge in [-0.3, -0.25) is 4.99 Å². The molecule has 1 saturated carbocycles. The van der Waals surface area contributed by atoms with Crippen molar-refractivity contribution in [3.8, 4) is 0 Å². The van der Waals surface area contributed by atoms with Crippen molar-refractivity contribution >= 4 is 16.0 Å². The molecule has 2 rings (SSSR count). The van der Waals surface area contributed by atoms with Gasteiger partial charge in [0, 0.05) is 39.4 Å². The predicted octanol–water partition coefficient (Wildman–Crippen LogP) is 1.85. The predicted molar refractivity (Wildman–Crippen MR) is 108 cm³/mol. The lowest BCUT2D eigenvalue weighted by atomic mass is 10.2. The van der Waals surface area contributed by atoms with Crippen LogP contribution in [0.2, 0.25) is 0 Å². The Labute approximate surface area is 163 Å². The molecule has 0 amide bonds. The average molecular weight is 397 g/mol. The third kappa shape index (κ3) is 8.28. The molecule has 152 valence electrons. The van der Waals surface area contributed by atoms with Crippen LogP contribution < -0.4 is 15.4 Å². The molecule has 1 aliphatic carbocycles. The summed E-state index contributed by atoms with van der Waals surface area (Å²) >= 11 is 0. The molecule has 1 fully saturated rings. The molecular formula is C19H32N4O3S. The molecule has 3 N–H and O–H groups in total. The second-order valence-corrected chi connectivity index (χ2v) is 8.93. The minimum absolute atomic E-state index is 0.113. The Morgan fingerprint density at radius 3 is 2.52 bits per heavy atom. The molecule has 0 saturated heterocycles. The summed E-state index contributed by atoms with van der Waals surface area (Å²) in [6.45, 7) is 7.13. The van der Waals surface area contributed by atoms with Gasteiger partial charge in [-0.1, -0.05) is 26.0 Å². The fraction of sp³-hybridized carbons (Fsp3) is 0.632. The van der Waals surface area contributed by atoms with Crippen molar-refractivity contribution in [2.45, 2.75) is 50.6 Å². The monoisotopic (exact) mass is 396 g/mol. The van der Waals surface area contributed by atoms with Gasteiger partial charge in [0.2, 0.25) is 10.0 Å².